The number of hydrogen-bond donors (Lipinski definition) is 0. The van der Waals surface area contributed by atoms with Gasteiger partial charge >= 0.3 is 0 Å². The molecule has 1 aliphatic rings. The fourth-order valence-electron chi connectivity index (χ4n) is 1.43. The molecule has 0 spiro atoms. The summed E-state index contributed by atoms with van der Waals surface area (Å²) in [5, 5.41) is 0.931. The van der Waals surface area contributed by atoms with E-state index in [4.69, 9.17) is 9.47 Å². The van der Waals surface area contributed by atoms with Gasteiger partial charge in [-0.2, -0.15) is 0 Å². The normalized spacial score (nSPS) is 25.4. The summed E-state index contributed by atoms with van der Waals surface area (Å²) in [6.45, 7) is 5.73. The lowest BCUT2D eigenvalue weighted by atomic mass is 10.0. The van der Waals surface area contributed by atoms with Crippen LogP contribution in [0.15, 0.2) is 0 Å². The molecule has 1 saturated heterocycles. The molecule has 1 unspecified atom stereocenters. The molecule has 1 heterocycles. The van der Waals surface area contributed by atoms with Gasteiger partial charge in [0.1, 0.15) is 0 Å². The van der Waals surface area contributed by atoms with Crippen LogP contribution in [-0.2, 0) is 9.47 Å². The fraction of sp³-hybridized carbons (Fsp3) is 1.00. The van der Waals surface area contributed by atoms with Gasteiger partial charge in [0, 0.05) is 11.2 Å². The molecule has 0 saturated carbocycles. The van der Waals surface area contributed by atoms with E-state index in [9.17, 15) is 0 Å². The van der Waals surface area contributed by atoms with Crippen molar-refractivity contribution in [3.8, 4) is 0 Å². The molecule has 0 aliphatic carbocycles. The number of halogens is 1. The molecule has 66 valence electrons. The lowest BCUT2D eigenvalue weighted by Crippen LogP contribution is -2.37. The quantitative estimate of drug-likeness (QED) is 0.682. The SMILES string of the molecule is CCC1(C(C)CBr)OCCO1. The van der Waals surface area contributed by atoms with Gasteiger partial charge in [0.25, 0.3) is 0 Å². The van der Waals surface area contributed by atoms with Crippen molar-refractivity contribution in [2.45, 2.75) is 26.1 Å². The molecule has 0 aromatic heterocycles. The fourth-order valence-corrected chi connectivity index (χ4v) is 1.92. The topological polar surface area (TPSA) is 18.5 Å². The Morgan fingerprint density at radius 2 is 2.00 bits per heavy atom. The summed E-state index contributed by atoms with van der Waals surface area (Å²) in [5.74, 6) is 0.124. The highest BCUT2D eigenvalue weighted by Gasteiger charge is 2.39. The van der Waals surface area contributed by atoms with E-state index in [2.05, 4.69) is 29.8 Å². The number of hydrogen-bond acceptors (Lipinski definition) is 2. The summed E-state index contributed by atoms with van der Waals surface area (Å²) in [4.78, 5) is 0. The summed E-state index contributed by atoms with van der Waals surface area (Å²) in [6.07, 6.45) is 0.930. The maximum Gasteiger partial charge on any atom is 0.171 e. The third kappa shape index (κ3) is 1.76. The Kier molecular flexibility index (Phi) is 3.34. The van der Waals surface area contributed by atoms with Gasteiger partial charge in [-0.05, 0) is 6.42 Å². The second kappa shape index (κ2) is 3.87. The first-order valence-electron chi connectivity index (χ1n) is 4.09. The molecule has 0 amide bonds. The van der Waals surface area contributed by atoms with Crippen molar-refractivity contribution in [2.24, 2.45) is 5.92 Å². The van der Waals surface area contributed by atoms with Crippen molar-refractivity contribution in [1.29, 1.82) is 0 Å². The Morgan fingerprint density at radius 3 is 2.36 bits per heavy atom. The van der Waals surface area contributed by atoms with Crippen LogP contribution < -0.4 is 0 Å². The highest BCUT2D eigenvalue weighted by atomic mass is 79.9. The zero-order valence-electron chi connectivity index (χ0n) is 7.10. The maximum atomic E-state index is 5.59. The third-order valence-electron chi connectivity index (χ3n) is 2.25. The van der Waals surface area contributed by atoms with Crippen molar-refractivity contribution < 1.29 is 9.47 Å². The van der Waals surface area contributed by atoms with Gasteiger partial charge in [0.2, 0.25) is 0 Å². The van der Waals surface area contributed by atoms with Crippen LogP contribution in [0.1, 0.15) is 20.3 Å². The second-order valence-corrected chi connectivity index (χ2v) is 3.57. The minimum atomic E-state index is -0.302. The molecule has 0 radical (unpaired) electrons. The molecule has 11 heavy (non-hydrogen) atoms. The molecule has 1 aliphatic heterocycles. The average Bonchev–Trinajstić information content (AvgIpc) is 2.52. The Balaban J connectivity index is 2.58. The summed E-state index contributed by atoms with van der Waals surface area (Å²) in [6, 6.07) is 0. The number of alkyl halides is 1. The van der Waals surface area contributed by atoms with E-state index < -0.39 is 0 Å². The highest BCUT2D eigenvalue weighted by molar-refractivity contribution is 9.09. The zero-order chi connectivity index (χ0) is 8.32. The second-order valence-electron chi connectivity index (χ2n) is 2.92. The molecule has 0 aromatic rings. The highest BCUT2D eigenvalue weighted by Crippen LogP contribution is 2.32. The Labute approximate surface area is 76.4 Å². The largest absolute Gasteiger partial charge is 0.347 e. The third-order valence-corrected chi connectivity index (χ3v) is 3.22. The van der Waals surface area contributed by atoms with Gasteiger partial charge in [-0.1, -0.05) is 29.8 Å². The van der Waals surface area contributed by atoms with E-state index in [1.54, 1.807) is 0 Å². The summed E-state index contributed by atoms with van der Waals surface area (Å²) in [5.41, 5.74) is 0. The zero-order valence-corrected chi connectivity index (χ0v) is 8.69. The van der Waals surface area contributed by atoms with Crippen LogP contribution in [0.4, 0.5) is 0 Å². The van der Waals surface area contributed by atoms with E-state index in [1.807, 2.05) is 0 Å². The number of rotatable bonds is 3. The lowest BCUT2D eigenvalue weighted by molar-refractivity contribution is -0.187. The van der Waals surface area contributed by atoms with Crippen molar-refractivity contribution >= 4 is 15.9 Å². The minimum absolute atomic E-state index is 0.302. The molecule has 1 fully saturated rings. The van der Waals surface area contributed by atoms with Crippen LogP contribution in [0.2, 0.25) is 0 Å². The summed E-state index contributed by atoms with van der Waals surface area (Å²) >= 11 is 3.44. The molecule has 1 rings (SSSR count). The Bertz CT molecular complexity index is 121. The van der Waals surface area contributed by atoms with Crippen LogP contribution in [0, 0.1) is 5.92 Å². The monoisotopic (exact) mass is 222 g/mol. The standard InChI is InChI=1S/C8H15BrO2/c1-3-8(7(2)6-9)10-4-5-11-8/h7H,3-6H2,1-2H3. The number of ether oxygens (including phenoxy) is 2. The van der Waals surface area contributed by atoms with Gasteiger partial charge in [0.15, 0.2) is 5.79 Å². The van der Waals surface area contributed by atoms with E-state index in [-0.39, 0.29) is 5.79 Å². The first-order chi connectivity index (χ1) is 5.25. The van der Waals surface area contributed by atoms with E-state index >= 15 is 0 Å². The first kappa shape index (κ1) is 9.49. The Hall–Kier alpha value is 0.400. The van der Waals surface area contributed by atoms with Gasteiger partial charge in [-0.3, -0.25) is 0 Å². The van der Waals surface area contributed by atoms with Crippen LogP contribution in [0.25, 0.3) is 0 Å². The maximum absolute atomic E-state index is 5.59. The molecule has 0 bridgehead atoms. The lowest BCUT2D eigenvalue weighted by Gasteiger charge is -2.31. The van der Waals surface area contributed by atoms with Crippen molar-refractivity contribution in [1.82, 2.24) is 0 Å². The van der Waals surface area contributed by atoms with Gasteiger partial charge < -0.3 is 9.47 Å². The predicted octanol–water partition coefficient (Wildman–Crippen LogP) is 2.17. The minimum Gasteiger partial charge on any atom is -0.347 e. The van der Waals surface area contributed by atoms with Crippen LogP contribution in [0.5, 0.6) is 0 Å². The molecular formula is C8H15BrO2. The molecule has 2 nitrogen and oxygen atoms in total. The average molecular weight is 223 g/mol. The van der Waals surface area contributed by atoms with E-state index in [1.165, 1.54) is 0 Å². The molecular weight excluding hydrogens is 208 g/mol. The first-order valence-corrected chi connectivity index (χ1v) is 5.21. The van der Waals surface area contributed by atoms with Gasteiger partial charge in [-0.25, -0.2) is 0 Å². The smallest absolute Gasteiger partial charge is 0.171 e. The van der Waals surface area contributed by atoms with Crippen molar-refractivity contribution in [2.75, 3.05) is 18.5 Å². The van der Waals surface area contributed by atoms with Crippen LogP contribution in [0.3, 0.4) is 0 Å². The molecule has 0 N–H and O–H groups in total. The summed E-state index contributed by atoms with van der Waals surface area (Å²) < 4.78 is 11.2. The van der Waals surface area contributed by atoms with E-state index in [0.29, 0.717) is 5.92 Å². The Morgan fingerprint density at radius 1 is 1.45 bits per heavy atom. The van der Waals surface area contributed by atoms with Crippen LogP contribution >= 0.6 is 15.9 Å². The van der Waals surface area contributed by atoms with Crippen molar-refractivity contribution in [3.63, 3.8) is 0 Å². The van der Waals surface area contributed by atoms with Gasteiger partial charge in [0.05, 0.1) is 13.2 Å². The summed E-state index contributed by atoms with van der Waals surface area (Å²) in [7, 11) is 0. The predicted molar refractivity (Wildman–Crippen MR) is 47.9 cm³/mol. The molecule has 3 heteroatoms. The van der Waals surface area contributed by atoms with Crippen molar-refractivity contribution in [3.05, 3.63) is 0 Å². The van der Waals surface area contributed by atoms with Crippen LogP contribution in [-0.4, -0.2) is 24.3 Å². The molecule has 1 atom stereocenters. The van der Waals surface area contributed by atoms with E-state index in [0.717, 1.165) is 25.0 Å². The van der Waals surface area contributed by atoms with Gasteiger partial charge in [-0.15, -0.1) is 0 Å². The molecule has 0 aromatic carbocycles.